The molecule has 0 atom stereocenters. The van der Waals surface area contributed by atoms with Gasteiger partial charge in [0.25, 0.3) is 0 Å². The minimum atomic E-state index is -1.05. The number of aliphatic hydroxyl groups excluding tert-OH is 2. The number of aliphatic hydroxyl groups is 2. The fourth-order valence-electron chi connectivity index (χ4n) is 2.10. The zero-order valence-corrected chi connectivity index (χ0v) is 15.0. The lowest BCUT2D eigenvalue weighted by Crippen LogP contribution is -2.43. The average molecular weight is 379 g/mol. The van der Waals surface area contributed by atoms with E-state index in [9.17, 15) is 19.2 Å². The molecule has 4 N–H and O–H groups in total. The van der Waals surface area contributed by atoms with Crippen LogP contribution in [0.15, 0.2) is 0 Å². The molecular weight excluding hydrogens is 350 g/mol. The number of aldehydes is 2. The molecule has 0 aliphatic carbocycles. The third kappa shape index (κ3) is 15.6. The van der Waals surface area contributed by atoms with Crippen LogP contribution in [0.25, 0.3) is 0 Å². The summed E-state index contributed by atoms with van der Waals surface area (Å²) >= 11 is 0. The first-order valence-corrected chi connectivity index (χ1v) is 7.96. The van der Waals surface area contributed by atoms with E-state index < -0.39 is 11.9 Å². The quantitative estimate of drug-likeness (QED) is 0.203. The molecule has 0 rings (SSSR count). The Morgan fingerprint density at radius 2 is 1.12 bits per heavy atom. The van der Waals surface area contributed by atoms with Crippen molar-refractivity contribution >= 4 is 24.5 Å². The van der Waals surface area contributed by atoms with Crippen molar-refractivity contribution in [2.24, 2.45) is 0 Å². The molecular formula is C15H29N3O8. The second kappa shape index (κ2) is 17.9. The highest BCUT2D eigenvalue weighted by molar-refractivity contribution is 5.69. The van der Waals surface area contributed by atoms with Crippen molar-refractivity contribution in [1.82, 2.24) is 14.7 Å². The SMILES string of the molecule is CO.O=CCN(CCN(CC=O)CC(=O)O)CCN(CCO)CC(=O)O. The zero-order chi connectivity index (χ0) is 20.4. The first kappa shape index (κ1) is 26.3. The maximum Gasteiger partial charge on any atom is 0.317 e. The van der Waals surface area contributed by atoms with Gasteiger partial charge in [-0.2, -0.15) is 0 Å². The average Bonchev–Trinajstić information content (AvgIpc) is 2.58. The number of carboxylic acid groups (broad SMARTS) is 2. The Labute approximate surface area is 152 Å². The summed E-state index contributed by atoms with van der Waals surface area (Å²) in [5, 5.41) is 33.5. The van der Waals surface area contributed by atoms with Crippen LogP contribution in [0.2, 0.25) is 0 Å². The minimum absolute atomic E-state index is 0.0170. The molecule has 0 radical (unpaired) electrons. The van der Waals surface area contributed by atoms with Crippen molar-refractivity contribution in [2.45, 2.75) is 0 Å². The Morgan fingerprint density at radius 1 is 0.731 bits per heavy atom. The molecule has 0 aromatic heterocycles. The van der Waals surface area contributed by atoms with Crippen LogP contribution in [0.4, 0.5) is 0 Å². The van der Waals surface area contributed by atoms with Crippen LogP contribution in [0.1, 0.15) is 0 Å². The maximum absolute atomic E-state index is 10.8. The third-order valence-corrected chi connectivity index (χ3v) is 3.26. The van der Waals surface area contributed by atoms with Crippen LogP contribution in [-0.2, 0) is 19.2 Å². The van der Waals surface area contributed by atoms with Gasteiger partial charge in [0.15, 0.2) is 0 Å². The van der Waals surface area contributed by atoms with E-state index in [4.69, 9.17) is 20.4 Å². The highest BCUT2D eigenvalue weighted by Crippen LogP contribution is 1.95. The lowest BCUT2D eigenvalue weighted by atomic mass is 10.3. The number of carboxylic acids is 2. The molecule has 0 saturated heterocycles. The van der Waals surface area contributed by atoms with E-state index in [0.717, 1.165) is 7.11 Å². The van der Waals surface area contributed by atoms with E-state index >= 15 is 0 Å². The third-order valence-electron chi connectivity index (χ3n) is 3.26. The molecule has 0 aromatic carbocycles. The molecule has 26 heavy (non-hydrogen) atoms. The Hall–Kier alpha value is -1.92. The second-order valence-corrected chi connectivity index (χ2v) is 5.16. The lowest BCUT2D eigenvalue weighted by Gasteiger charge is -2.27. The number of nitrogens with zero attached hydrogens (tertiary/aromatic N) is 3. The molecule has 0 aliphatic heterocycles. The van der Waals surface area contributed by atoms with Gasteiger partial charge in [0, 0.05) is 39.8 Å². The van der Waals surface area contributed by atoms with Crippen molar-refractivity contribution in [3.63, 3.8) is 0 Å². The Morgan fingerprint density at radius 3 is 1.54 bits per heavy atom. The predicted octanol–water partition coefficient (Wildman–Crippen LogP) is -2.94. The Bertz CT molecular complexity index is 408. The molecule has 0 aliphatic rings. The van der Waals surface area contributed by atoms with E-state index in [1.54, 1.807) is 9.80 Å². The fraction of sp³-hybridized carbons (Fsp3) is 0.733. The van der Waals surface area contributed by atoms with Gasteiger partial charge in [0.05, 0.1) is 32.8 Å². The van der Waals surface area contributed by atoms with Crippen molar-refractivity contribution in [1.29, 1.82) is 0 Å². The fourth-order valence-corrected chi connectivity index (χ4v) is 2.10. The summed E-state index contributed by atoms with van der Waals surface area (Å²) in [7, 11) is 1.00. The number of carbonyl (C=O) groups excluding carboxylic acids is 2. The Balaban J connectivity index is 0. The van der Waals surface area contributed by atoms with Crippen molar-refractivity contribution in [2.75, 3.05) is 72.6 Å². The molecule has 0 heterocycles. The first-order chi connectivity index (χ1) is 12.4. The highest BCUT2D eigenvalue weighted by Gasteiger charge is 2.14. The summed E-state index contributed by atoms with van der Waals surface area (Å²) in [5.41, 5.74) is 0. The van der Waals surface area contributed by atoms with Gasteiger partial charge < -0.3 is 30.0 Å². The molecule has 11 nitrogen and oxygen atoms in total. The van der Waals surface area contributed by atoms with Crippen LogP contribution in [0.3, 0.4) is 0 Å². The van der Waals surface area contributed by atoms with Gasteiger partial charge in [-0.15, -0.1) is 0 Å². The highest BCUT2D eigenvalue weighted by atomic mass is 16.4. The van der Waals surface area contributed by atoms with Crippen LogP contribution in [0.5, 0.6) is 0 Å². The van der Waals surface area contributed by atoms with Gasteiger partial charge in [-0.05, 0) is 0 Å². The summed E-state index contributed by atoms with van der Waals surface area (Å²) in [5.74, 6) is -2.06. The lowest BCUT2D eigenvalue weighted by molar-refractivity contribution is -0.139. The summed E-state index contributed by atoms with van der Waals surface area (Å²) in [4.78, 5) is 47.5. The molecule has 11 heteroatoms. The monoisotopic (exact) mass is 379 g/mol. The normalized spacial score (nSPS) is 10.5. The number of carbonyl (C=O) groups is 4. The maximum atomic E-state index is 10.8. The van der Waals surface area contributed by atoms with Gasteiger partial charge >= 0.3 is 11.9 Å². The van der Waals surface area contributed by atoms with Crippen LogP contribution < -0.4 is 0 Å². The van der Waals surface area contributed by atoms with Gasteiger partial charge in [-0.25, -0.2) is 0 Å². The Kier molecular flexibility index (Phi) is 18.1. The van der Waals surface area contributed by atoms with Crippen molar-refractivity contribution < 1.29 is 39.6 Å². The summed E-state index contributed by atoms with van der Waals surface area (Å²) < 4.78 is 0. The number of hydrogen-bond donors (Lipinski definition) is 4. The van der Waals surface area contributed by atoms with E-state index in [1.165, 1.54) is 4.90 Å². The standard InChI is InChI=1S/C14H25N3O7.CH4O/c18-8-5-15(1-3-16(6-9-19)11-13(21)22)2-4-17(7-10-20)12-14(23)24;1-2/h8-9,20H,1-7,10-12H2,(H,21,22)(H,23,24);2H,1H3. The van der Waals surface area contributed by atoms with E-state index in [0.29, 0.717) is 32.2 Å². The number of aliphatic carboxylic acids is 2. The van der Waals surface area contributed by atoms with E-state index in [1.807, 2.05) is 0 Å². The number of hydrogen-bond acceptors (Lipinski definition) is 9. The summed E-state index contributed by atoms with van der Waals surface area (Å²) in [6.45, 7) is 1.01. The summed E-state index contributed by atoms with van der Waals surface area (Å²) in [6.07, 6.45) is 1.32. The first-order valence-electron chi connectivity index (χ1n) is 7.96. The molecule has 152 valence electrons. The molecule has 0 amide bonds. The van der Waals surface area contributed by atoms with E-state index in [-0.39, 0.29) is 45.9 Å². The van der Waals surface area contributed by atoms with Gasteiger partial charge in [-0.1, -0.05) is 0 Å². The number of rotatable bonds is 16. The molecule has 0 spiro atoms. The van der Waals surface area contributed by atoms with Crippen LogP contribution in [-0.4, -0.2) is 132 Å². The second-order valence-electron chi connectivity index (χ2n) is 5.16. The molecule has 0 fully saturated rings. The van der Waals surface area contributed by atoms with Crippen molar-refractivity contribution in [3.05, 3.63) is 0 Å². The van der Waals surface area contributed by atoms with Gasteiger partial charge in [0.2, 0.25) is 0 Å². The topological polar surface area (TPSA) is 159 Å². The van der Waals surface area contributed by atoms with Crippen LogP contribution >= 0.6 is 0 Å². The molecule has 0 bridgehead atoms. The van der Waals surface area contributed by atoms with Crippen molar-refractivity contribution in [3.8, 4) is 0 Å². The zero-order valence-electron chi connectivity index (χ0n) is 15.0. The van der Waals surface area contributed by atoms with Gasteiger partial charge in [0.1, 0.15) is 12.6 Å². The van der Waals surface area contributed by atoms with Crippen LogP contribution in [0, 0.1) is 0 Å². The van der Waals surface area contributed by atoms with E-state index in [2.05, 4.69) is 0 Å². The predicted molar refractivity (Wildman–Crippen MR) is 91.9 cm³/mol. The largest absolute Gasteiger partial charge is 0.480 e. The summed E-state index contributed by atoms with van der Waals surface area (Å²) in [6, 6.07) is 0. The minimum Gasteiger partial charge on any atom is -0.480 e. The van der Waals surface area contributed by atoms with Gasteiger partial charge in [-0.3, -0.25) is 24.3 Å². The molecule has 0 aromatic rings. The smallest absolute Gasteiger partial charge is 0.317 e. The molecule has 0 saturated carbocycles. The molecule has 0 unspecified atom stereocenters.